The smallest absolute Gasteiger partial charge is 0.264 e. The molecule has 0 bridgehead atoms. The van der Waals surface area contributed by atoms with E-state index in [4.69, 9.17) is 9.47 Å². The summed E-state index contributed by atoms with van der Waals surface area (Å²) in [5.74, 6) is 0.0249. The molecule has 0 aromatic carbocycles. The number of likely N-dealkylation sites (tertiary alicyclic amines) is 1. The summed E-state index contributed by atoms with van der Waals surface area (Å²) < 4.78 is 10.6. The van der Waals surface area contributed by atoms with Gasteiger partial charge in [-0.05, 0) is 6.07 Å². The van der Waals surface area contributed by atoms with Crippen molar-refractivity contribution >= 4 is 29.9 Å². The Kier molecular flexibility index (Phi) is 4.09. The van der Waals surface area contributed by atoms with Crippen molar-refractivity contribution in [2.45, 2.75) is 17.1 Å². The molecule has 2 rings (SSSR count). The molecule has 2 heterocycles. The second-order valence-electron chi connectivity index (χ2n) is 3.93. The quantitative estimate of drug-likeness (QED) is 0.849. The lowest BCUT2D eigenvalue weighted by atomic mass is 10.3. The molecule has 0 radical (unpaired) electrons. The largest absolute Gasteiger partial charge is 0.377 e. The highest BCUT2D eigenvalue weighted by Gasteiger charge is 2.36. The number of nitrogens with zero attached hydrogens (tertiary/aromatic N) is 1. The molecule has 2 atom stereocenters. The van der Waals surface area contributed by atoms with Gasteiger partial charge in [0.15, 0.2) is 0 Å². The zero-order valence-electron chi connectivity index (χ0n) is 9.75. The van der Waals surface area contributed by atoms with E-state index >= 15 is 0 Å². The molecule has 94 valence electrons. The van der Waals surface area contributed by atoms with Gasteiger partial charge in [-0.2, -0.15) is 0 Å². The lowest BCUT2D eigenvalue weighted by Crippen LogP contribution is -2.29. The normalized spacial score (nSPS) is 24.3. The lowest BCUT2D eigenvalue weighted by molar-refractivity contribution is -0.00461. The molecule has 17 heavy (non-hydrogen) atoms. The highest BCUT2D eigenvalue weighted by molar-refractivity contribution is 7.80. The summed E-state index contributed by atoms with van der Waals surface area (Å²) in [6.07, 6.45) is -0.0845. The molecule has 0 aliphatic carbocycles. The molecule has 6 heteroatoms. The van der Waals surface area contributed by atoms with Crippen LogP contribution in [0, 0.1) is 0 Å². The van der Waals surface area contributed by atoms with E-state index in [-0.39, 0.29) is 18.1 Å². The van der Waals surface area contributed by atoms with Gasteiger partial charge in [-0.15, -0.1) is 24.0 Å². The molecule has 1 saturated heterocycles. The molecule has 0 N–H and O–H groups in total. The Hall–Kier alpha value is -0.560. The number of ether oxygens (including phenoxy) is 2. The Bertz CT molecular complexity index is 395. The van der Waals surface area contributed by atoms with Crippen LogP contribution in [0.25, 0.3) is 0 Å². The maximum atomic E-state index is 12.2. The lowest BCUT2D eigenvalue weighted by Gasteiger charge is -2.14. The fourth-order valence-corrected chi connectivity index (χ4v) is 3.07. The average Bonchev–Trinajstić information content (AvgIpc) is 2.93. The third-order valence-electron chi connectivity index (χ3n) is 2.90. The van der Waals surface area contributed by atoms with Crippen molar-refractivity contribution in [2.24, 2.45) is 0 Å². The van der Waals surface area contributed by atoms with Crippen molar-refractivity contribution in [3.8, 4) is 0 Å². The van der Waals surface area contributed by atoms with Gasteiger partial charge in [-0.1, -0.05) is 0 Å². The number of amides is 1. The molecule has 0 spiro atoms. The predicted octanol–water partition coefficient (Wildman–Crippen LogP) is 1.52. The SMILES string of the molecule is COC1CN(C(=O)c2cc(S)cs2)CC1OC. The van der Waals surface area contributed by atoms with Crippen LogP contribution >= 0.6 is 24.0 Å². The van der Waals surface area contributed by atoms with Gasteiger partial charge in [0.25, 0.3) is 5.91 Å². The summed E-state index contributed by atoms with van der Waals surface area (Å²) in [6, 6.07) is 1.79. The summed E-state index contributed by atoms with van der Waals surface area (Å²) in [5, 5.41) is 1.86. The molecule has 1 aliphatic rings. The zero-order chi connectivity index (χ0) is 12.4. The number of methoxy groups -OCH3 is 2. The van der Waals surface area contributed by atoms with Crippen LogP contribution in [0.5, 0.6) is 0 Å². The Morgan fingerprint density at radius 3 is 2.41 bits per heavy atom. The van der Waals surface area contributed by atoms with Crippen LogP contribution < -0.4 is 0 Å². The second kappa shape index (κ2) is 5.39. The minimum absolute atomic E-state index is 0.0249. The van der Waals surface area contributed by atoms with E-state index in [9.17, 15) is 4.79 Å². The van der Waals surface area contributed by atoms with E-state index in [1.54, 1.807) is 25.2 Å². The van der Waals surface area contributed by atoms with E-state index in [0.29, 0.717) is 18.0 Å². The van der Waals surface area contributed by atoms with Crippen molar-refractivity contribution in [3.63, 3.8) is 0 Å². The number of hydrogen-bond donors (Lipinski definition) is 1. The summed E-state index contributed by atoms with van der Waals surface area (Å²) >= 11 is 5.62. The van der Waals surface area contributed by atoms with Gasteiger partial charge in [0.2, 0.25) is 0 Å². The standard InChI is InChI=1S/C11H15NO3S2/c1-14-8-4-12(5-9(8)15-2)11(13)10-3-7(16)6-17-10/h3,6,8-9,16H,4-5H2,1-2H3. The minimum Gasteiger partial charge on any atom is -0.377 e. The van der Waals surface area contributed by atoms with Gasteiger partial charge in [-0.3, -0.25) is 4.79 Å². The van der Waals surface area contributed by atoms with E-state index < -0.39 is 0 Å². The van der Waals surface area contributed by atoms with Crippen molar-refractivity contribution in [1.29, 1.82) is 0 Å². The number of carbonyl (C=O) groups is 1. The third-order valence-corrected chi connectivity index (χ3v) is 4.26. The minimum atomic E-state index is -0.0422. The van der Waals surface area contributed by atoms with Crippen molar-refractivity contribution in [1.82, 2.24) is 4.90 Å². The molecule has 4 nitrogen and oxygen atoms in total. The van der Waals surface area contributed by atoms with Crippen LogP contribution in [-0.4, -0.2) is 50.3 Å². The molecule has 2 unspecified atom stereocenters. The van der Waals surface area contributed by atoms with Gasteiger partial charge in [0, 0.05) is 37.6 Å². The maximum Gasteiger partial charge on any atom is 0.264 e. The van der Waals surface area contributed by atoms with Crippen molar-refractivity contribution in [2.75, 3.05) is 27.3 Å². The topological polar surface area (TPSA) is 38.8 Å². The molecule has 1 aromatic heterocycles. The van der Waals surface area contributed by atoms with Crippen LogP contribution in [0.4, 0.5) is 0 Å². The first-order valence-electron chi connectivity index (χ1n) is 5.28. The first-order chi connectivity index (χ1) is 8.15. The highest BCUT2D eigenvalue weighted by Crippen LogP contribution is 2.23. The van der Waals surface area contributed by atoms with Crippen LogP contribution in [0.1, 0.15) is 9.67 Å². The summed E-state index contributed by atoms with van der Waals surface area (Å²) in [5.41, 5.74) is 0. The Morgan fingerprint density at radius 2 is 2.00 bits per heavy atom. The molecular weight excluding hydrogens is 258 g/mol. The van der Waals surface area contributed by atoms with Crippen LogP contribution in [0.15, 0.2) is 16.3 Å². The number of thiophene rings is 1. The van der Waals surface area contributed by atoms with Crippen LogP contribution in [0.3, 0.4) is 0 Å². The first-order valence-corrected chi connectivity index (χ1v) is 6.60. The van der Waals surface area contributed by atoms with E-state index in [1.165, 1.54) is 11.3 Å². The number of hydrogen-bond acceptors (Lipinski definition) is 5. The summed E-state index contributed by atoms with van der Waals surface area (Å²) in [6.45, 7) is 1.15. The maximum absolute atomic E-state index is 12.2. The average molecular weight is 273 g/mol. The number of thiol groups is 1. The van der Waals surface area contributed by atoms with Gasteiger partial charge >= 0.3 is 0 Å². The van der Waals surface area contributed by atoms with E-state index in [2.05, 4.69) is 12.6 Å². The molecule has 1 aliphatic heterocycles. The summed E-state index contributed by atoms with van der Waals surface area (Å²) in [7, 11) is 3.28. The molecule has 0 saturated carbocycles. The fraction of sp³-hybridized carbons (Fsp3) is 0.545. The molecule has 1 amide bonds. The number of carbonyl (C=O) groups excluding carboxylic acids is 1. The Balaban J connectivity index is 2.07. The van der Waals surface area contributed by atoms with Gasteiger partial charge in [0.1, 0.15) is 12.2 Å². The van der Waals surface area contributed by atoms with Gasteiger partial charge < -0.3 is 14.4 Å². The van der Waals surface area contributed by atoms with Crippen LogP contribution in [0.2, 0.25) is 0 Å². The Labute approximate surface area is 110 Å². The second-order valence-corrected chi connectivity index (χ2v) is 5.36. The van der Waals surface area contributed by atoms with E-state index in [0.717, 1.165) is 4.90 Å². The summed E-state index contributed by atoms with van der Waals surface area (Å²) in [4.78, 5) is 15.5. The third kappa shape index (κ3) is 2.65. The van der Waals surface area contributed by atoms with Crippen molar-refractivity contribution < 1.29 is 14.3 Å². The van der Waals surface area contributed by atoms with Crippen LogP contribution in [-0.2, 0) is 9.47 Å². The predicted molar refractivity (Wildman–Crippen MR) is 69.1 cm³/mol. The highest BCUT2D eigenvalue weighted by atomic mass is 32.1. The number of rotatable bonds is 3. The zero-order valence-corrected chi connectivity index (χ0v) is 11.5. The Morgan fingerprint density at radius 1 is 1.41 bits per heavy atom. The first kappa shape index (κ1) is 12.9. The van der Waals surface area contributed by atoms with Gasteiger partial charge in [-0.25, -0.2) is 0 Å². The van der Waals surface area contributed by atoms with Gasteiger partial charge in [0.05, 0.1) is 4.88 Å². The molecule has 1 fully saturated rings. The molecular formula is C11H15NO3S2. The van der Waals surface area contributed by atoms with E-state index in [1.807, 2.05) is 5.38 Å². The van der Waals surface area contributed by atoms with Crippen molar-refractivity contribution in [3.05, 3.63) is 16.3 Å². The fourth-order valence-electron chi connectivity index (χ4n) is 1.96. The molecule has 1 aromatic rings. The monoisotopic (exact) mass is 273 g/mol.